The molecule has 5 nitrogen and oxygen atoms in total. The van der Waals surface area contributed by atoms with Gasteiger partial charge in [-0.15, -0.1) is 0 Å². The molecule has 316 valence electrons. The Morgan fingerprint density at radius 2 is 1.31 bits per heavy atom. The summed E-state index contributed by atoms with van der Waals surface area (Å²) in [5.74, 6) is 3.10. The summed E-state index contributed by atoms with van der Waals surface area (Å²) in [4.78, 5) is 24.5. The molecular weight excluding hydrogens is 777 g/mol. The average Bonchev–Trinajstić information content (AvgIpc) is 3.24. The normalized spacial score (nSPS) is 15.5. The minimum atomic E-state index is -0.623. The minimum Gasteiger partial charge on any atom is -0.492 e. The molecule has 58 heavy (non-hydrogen) atoms. The number of esters is 2. The standard InChI is InChI=1S/C50H68O5S3/c1-7-9-10-13-37-16-18-39(19-17-37)40-20-22-41(23-21-40)42-24-25-46(38(8-2)28-42)45-29-43(14-11-26-53-48(51)35(3)4)47(44(30-45)15-12-27-56)54-31-50(33-57,34-58)32-55-49(52)36(5)6/h20-25,28-30,37,39,56-58H,3,5,7-19,26-27,31-34H2,1-2,4,6H3. The first-order valence-corrected chi connectivity index (χ1v) is 23.4. The molecule has 1 saturated carbocycles. The number of carbonyl (C=O) groups excluding carboxylic acids is 2. The van der Waals surface area contributed by atoms with Crippen molar-refractivity contribution in [3.8, 4) is 28.0 Å². The number of benzene rings is 3. The molecule has 1 fully saturated rings. The van der Waals surface area contributed by atoms with Crippen molar-refractivity contribution in [1.29, 1.82) is 0 Å². The maximum Gasteiger partial charge on any atom is 0.333 e. The van der Waals surface area contributed by atoms with E-state index in [1.165, 1.54) is 79.2 Å². The molecule has 1 aliphatic carbocycles. The van der Waals surface area contributed by atoms with Crippen LogP contribution in [0.3, 0.4) is 0 Å². The predicted octanol–water partition coefficient (Wildman–Crippen LogP) is 12.7. The van der Waals surface area contributed by atoms with E-state index >= 15 is 0 Å². The molecule has 0 atom stereocenters. The SMILES string of the molecule is C=C(C)C(=O)OCCCc1cc(-c2ccc(-c3ccc(C4CCC(CCCCC)CC4)cc3)cc2CC)cc(CCCS)c1OCC(CS)(CS)COC(=O)C(=C)C. The molecule has 0 aliphatic heterocycles. The largest absolute Gasteiger partial charge is 0.492 e. The minimum absolute atomic E-state index is 0.108. The first kappa shape index (κ1) is 47.6. The van der Waals surface area contributed by atoms with Gasteiger partial charge in [-0.2, -0.15) is 37.9 Å². The summed E-state index contributed by atoms with van der Waals surface area (Å²) in [7, 11) is 0. The fourth-order valence-electron chi connectivity index (χ4n) is 7.89. The summed E-state index contributed by atoms with van der Waals surface area (Å²) in [6.45, 7) is 15.9. The molecule has 0 unspecified atom stereocenters. The maximum absolute atomic E-state index is 12.3. The second-order valence-electron chi connectivity index (χ2n) is 16.5. The second kappa shape index (κ2) is 24.3. The van der Waals surface area contributed by atoms with Crippen molar-refractivity contribution in [2.24, 2.45) is 11.3 Å². The molecule has 4 rings (SSSR count). The highest BCUT2D eigenvalue weighted by Gasteiger charge is 2.32. The maximum atomic E-state index is 12.3. The molecule has 0 radical (unpaired) electrons. The van der Waals surface area contributed by atoms with E-state index in [4.69, 9.17) is 14.2 Å². The van der Waals surface area contributed by atoms with Gasteiger partial charge in [0.25, 0.3) is 0 Å². The topological polar surface area (TPSA) is 61.8 Å². The lowest BCUT2D eigenvalue weighted by molar-refractivity contribution is -0.142. The highest BCUT2D eigenvalue weighted by molar-refractivity contribution is 7.81. The number of ether oxygens (including phenoxy) is 3. The van der Waals surface area contributed by atoms with E-state index in [1.807, 2.05) is 0 Å². The van der Waals surface area contributed by atoms with Gasteiger partial charge in [-0.05, 0) is 146 Å². The highest BCUT2D eigenvalue weighted by Crippen LogP contribution is 2.40. The van der Waals surface area contributed by atoms with E-state index in [0.717, 1.165) is 53.4 Å². The summed E-state index contributed by atoms with van der Waals surface area (Å²) in [6, 6.07) is 20.7. The van der Waals surface area contributed by atoms with Crippen LogP contribution in [0.5, 0.6) is 5.75 Å². The van der Waals surface area contributed by atoms with Gasteiger partial charge in [-0.3, -0.25) is 0 Å². The molecule has 0 spiro atoms. The Labute approximate surface area is 366 Å². The summed E-state index contributed by atoms with van der Waals surface area (Å²) in [5, 5.41) is 0. The molecule has 0 bridgehead atoms. The van der Waals surface area contributed by atoms with Crippen LogP contribution in [0.25, 0.3) is 22.3 Å². The number of thiol groups is 3. The molecule has 0 aromatic heterocycles. The van der Waals surface area contributed by atoms with Gasteiger partial charge in [-0.25, -0.2) is 9.59 Å². The summed E-state index contributed by atoms with van der Waals surface area (Å²) < 4.78 is 17.9. The van der Waals surface area contributed by atoms with Crippen LogP contribution in [0.1, 0.15) is 120 Å². The van der Waals surface area contributed by atoms with Crippen LogP contribution in [0.15, 0.2) is 78.9 Å². The van der Waals surface area contributed by atoms with Crippen LogP contribution in [-0.2, 0) is 38.3 Å². The van der Waals surface area contributed by atoms with Crippen molar-refractivity contribution < 1.29 is 23.8 Å². The van der Waals surface area contributed by atoms with Crippen molar-refractivity contribution in [1.82, 2.24) is 0 Å². The van der Waals surface area contributed by atoms with E-state index < -0.39 is 11.4 Å². The first-order chi connectivity index (χ1) is 28.0. The number of aryl methyl sites for hydroxylation is 3. The average molecular weight is 845 g/mol. The zero-order valence-corrected chi connectivity index (χ0v) is 38.3. The van der Waals surface area contributed by atoms with Crippen LogP contribution in [0.2, 0.25) is 0 Å². The molecule has 3 aromatic rings. The number of unbranched alkanes of at least 4 members (excludes halogenated alkanes) is 2. The third kappa shape index (κ3) is 13.7. The van der Waals surface area contributed by atoms with Gasteiger partial charge in [0, 0.05) is 22.7 Å². The summed E-state index contributed by atoms with van der Waals surface area (Å²) >= 11 is 13.9. The predicted molar refractivity (Wildman–Crippen MR) is 253 cm³/mol. The molecule has 8 heteroatoms. The monoisotopic (exact) mass is 844 g/mol. The first-order valence-electron chi connectivity index (χ1n) is 21.5. The van der Waals surface area contributed by atoms with Crippen LogP contribution in [0.4, 0.5) is 0 Å². The number of carbonyl (C=O) groups is 2. The fourth-order valence-corrected chi connectivity index (χ4v) is 8.81. The Hall–Kier alpha value is -3.07. The van der Waals surface area contributed by atoms with Crippen molar-refractivity contribution >= 4 is 49.8 Å². The van der Waals surface area contributed by atoms with E-state index in [1.54, 1.807) is 13.8 Å². The van der Waals surface area contributed by atoms with Gasteiger partial charge in [0.05, 0.1) is 18.6 Å². The van der Waals surface area contributed by atoms with Gasteiger partial charge in [0.1, 0.15) is 12.4 Å². The van der Waals surface area contributed by atoms with Gasteiger partial charge in [0.2, 0.25) is 0 Å². The van der Waals surface area contributed by atoms with Crippen molar-refractivity contribution in [3.05, 3.63) is 101 Å². The number of hydrogen-bond acceptors (Lipinski definition) is 8. The summed E-state index contributed by atoms with van der Waals surface area (Å²) in [6.07, 6.45) is 14.6. The lowest BCUT2D eigenvalue weighted by Crippen LogP contribution is -2.38. The van der Waals surface area contributed by atoms with Crippen LogP contribution < -0.4 is 4.74 Å². The smallest absolute Gasteiger partial charge is 0.333 e. The summed E-state index contributed by atoms with van der Waals surface area (Å²) in [5.41, 5.74) is 9.76. The van der Waals surface area contributed by atoms with Crippen LogP contribution >= 0.6 is 37.9 Å². The molecule has 0 heterocycles. The van der Waals surface area contributed by atoms with Gasteiger partial charge < -0.3 is 14.2 Å². The van der Waals surface area contributed by atoms with Gasteiger partial charge in [-0.1, -0.05) is 95.2 Å². The Balaban J connectivity index is 1.63. The third-order valence-electron chi connectivity index (χ3n) is 11.6. The second-order valence-corrected chi connectivity index (χ2v) is 17.6. The lowest BCUT2D eigenvalue weighted by Gasteiger charge is -2.31. The number of hydrogen-bond donors (Lipinski definition) is 3. The van der Waals surface area contributed by atoms with E-state index in [0.29, 0.717) is 41.4 Å². The van der Waals surface area contributed by atoms with Crippen LogP contribution in [0, 0.1) is 11.3 Å². The van der Waals surface area contributed by atoms with E-state index in [-0.39, 0.29) is 25.8 Å². The zero-order chi connectivity index (χ0) is 42.1. The Bertz CT molecular complexity index is 1800. The molecule has 1 aliphatic rings. The van der Waals surface area contributed by atoms with Gasteiger partial charge >= 0.3 is 11.9 Å². The van der Waals surface area contributed by atoms with Gasteiger partial charge in [0.15, 0.2) is 0 Å². The van der Waals surface area contributed by atoms with Crippen molar-refractivity contribution in [2.75, 3.05) is 37.1 Å². The quantitative estimate of drug-likeness (QED) is 0.0363. The molecule has 0 saturated heterocycles. The molecule has 0 N–H and O–H groups in total. The fraction of sp³-hybridized carbons (Fsp3) is 0.520. The van der Waals surface area contributed by atoms with Crippen LogP contribution in [-0.4, -0.2) is 49.0 Å². The highest BCUT2D eigenvalue weighted by atomic mass is 32.1. The Morgan fingerprint density at radius 3 is 1.90 bits per heavy atom. The molecule has 0 amide bonds. The van der Waals surface area contributed by atoms with Crippen molar-refractivity contribution in [2.45, 2.75) is 117 Å². The zero-order valence-electron chi connectivity index (χ0n) is 35.6. The third-order valence-corrected chi connectivity index (χ3v) is 13.3. The number of rotatable bonds is 24. The van der Waals surface area contributed by atoms with E-state index in [9.17, 15) is 9.59 Å². The molecular formula is C50H68O5S3. The molecule has 3 aromatic carbocycles. The Morgan fingerprint density at radius 1 is 0.707 bits per heavy atom. The Kier molecular flexibility index (Phi) is 19.9. The van der Waals surface area contributed by atoms with E-state index in [2.05, 4.69) is 119 Å². The lowest BCUT2D eigenvalue weighted by atomic mass is 9.77. The van der Waals surface area contributed by atoms with Crippen molar-refractivity contribution in [3.63, 3.8) is 0 Å².